The lowest BCUT2D eigenvalue weighted by Gasteiger charge is -2.29. The molecule has 8 heteroatoms. The predicted octanol–water partition coefficient (Wildman–Crippen LogP) is 3.57. The minimum atomic E-state index is -2.13. The van der Waals surface area contributed by atoms with E-state index < -0.39 is 48.6 Å². The third-order valence-corrected chi connectivity index (χ3v) is 5.65. The van der Waals surface area contributed by atoms with Gasteiger partial charge < -0.3 is 24.1 Å². The highest BCUT2D eigenvalue weighted by atomic mass is 16.7. The highest BCUT2D eigenvalue weighted by Crippen LogP contribution is 2.36. The Hall–Kier alpha value is -4.27. The summed E-state index contributed by atoms with van der Waals surface area (Å²) in [5.74, 6) is -2.16. The summed E-state index contributed by atoms with van der Waals surface area (Å²) in [4.78, 5) is 38.0. The topological polar surface area (TPSA) is 108 Å². The van der Waals surface area contributed by atoms with Crippen molar-refractivity contribution in [1.29, 1.82) is 0 Å². The Balaban J connectivity index is 1.57. The van der Waals surface area contributed by atoms with E-state index in [9.17, 15) is 19.5 Å². The lowest BCUT2D eigenvalue weighted by Crippen LogP contribution is -2.50. The molecule has 184 valence electrons. The van der Waals surface area contributed by atoms with Crippen LogP contribution in [0.4, 0.5) is 0 Å². The molecule has 0 amide bonds. The molecule has 1 saturated heterocycles. The van der Waals surface area contributed by atoms with Gasteiger partial charge in [0.2, 0.25) is 6.29 Å². The summed E-state index contributed by atoms with van der Waals surface area (Å²) < 4.78 is 22.2. The molecular formula is C28H24O8. The minimum Gasteiger partial charge on any atom is -0.459 e. The number of rotatable bonds is 8. The van der Waals surface area contributed by atoms with Gasteiger partial charge in [-0.25, -0.2) is 14.4 Å². The number of hydrogen-bond donors (Lipinski definition) is 1. The summed E-state index contributed by atoms with van der Waals surface area (Å²) >= 11 is 0. The Morgan fingerprint density at radius 2 is 1.22 bits per heavy atom. The van der Waals surface area contributed by atoms with E-state index in [1.54, 1.807) is 78.9 Å². The normalized spacial score (nSPS) is 22.9. The quantitative estimate of drug-likeness (QED) is 0.291. The van der Waals surface area contributed by atoms with Crippen molar-refractivity contribution in [1.82, 2.24) is 0 Å². The molecule has 0 aliphatic carbocycles. The van der Waals surface area contributed by atoms with Crippen LogP contribution in [0.1, 0.15) is 31.1 Å². The zero-order valence-electron chi connectivity index (χ0n) is 19.2. The van der Waals surface area contributed by atoms with Crippen LogP contribution < -0.4 is 0 Å². The van der Waals surface area contributed by atoms with Gasteiger partial charge in [0, 0.05) is 0 Å². The molecule has 1 heterocycles. The fraction of sp³-hybridized carbons (Fsp3) is 0.179. The molecule has 0 radical (unpaired) electrons. The second-order valence-electron chi connectivity index (χ2n) is 8.03. The number of carbonyl (C=O) groups is 3. The maximum atomic E-state index is 12.8. The zero-order valence-corrected chi connectivity index (χ0v) is 19.2. The molecule has 0 bridgehead atoms. The molecule has 1 N–H and O–H groups in total. The van der Waals surface area contributed by atoms with Crippen LogP contribution in [0.25, 0.3) is 0 Å². The first-order valence-corrected chi connectivity index (χ1v) is 11.2. The van der Waals surface area contributed by atoms with Crippen LogP contribution in [0.2, 0.25) is 0 Å². The van der Waals surface area contributed by atoms with Crippen LogP contribution in [0.15, 0.2) is 104 Å². The monoisotopic (exact) mass is 488 g/mol. The van der Waals surface area contributed by atoms with Crippen LogP contribution in [-0.2, 0) is 18.9 Å². The fourth-order valence-electron chi connectivity index (χ4n) is 3.72. The summed E-state index contributed by atoms with van der Waals surface area (Å²) in [6.07, 6.45) is -3.07. The van der Waals surface area contributed by atoms with Gasteiger partial charge in [0.25, 0.3) is 0 Å². The van der Waals surface area contributed by atoms with Crippen LogP contribution in [0.5, 0.6) is 0 Å². The van der Waals surface area contributed by atoms with Gasteiger partial charge in [-0.15, -0.1) is 0 Å². The van der Waals surface area contributed by atoms with Gasteiger partial charge in [0.15, 0.2) is 11.7 Å². The molecule has 36 heavy (non-hydrogen) atoms. The first kappa shape index (κ1) is 24.8. The first-order valence-electron chi connectivity index (χ1n) is 11.2. The van der Waals surface area contributed by atoms with E-state index in [1.165, 1.54) is 12.1 Å². The maximum Gasteiger partial charge on any atom is 0.340 e. The second-order valence-corrected chi connectivity index (χ2v) is 8.03. The largest absolute Gasteiger partial charge is 0.459 e. The summed E-state index contributed by atoms with van der Waals surface area (Å²) in [6, 6.07) is 24.5. The van der Waals surface area contributed by atoms with E-state index in [0.717, 1.165) is 6.08 Å². The Labute approximate surface area is 207 Å². The molecule has 4 atom stereocenters. The summed E-state index contributed by atoms with van der Waals surface area (Å²) in [7, 11) is 0. The Kier molecular flexibility index (Phi) is 7.58. The van der Waals surface area contributed by atoms with E-state index >= 15 is 0 Å². The van der Waals surface area contributed by atoms with Crippen molar-refractivity contribution in [3.63, 3.8) is 0 Å². The molecule has 1 aliphatic heterocycles. The van der Waals surface area contributed by atoms with Gasteiger partial charge in [-0.2, -0.15) is 0 Å². The Morgan fingerprint density at radius 3 is 1.69 bits per heavy atom. The van der Waals surface area contributed by atoms with Crippen LogP contribution in [0, 0.1) is 0 Å². The first-order chi connectivity index (χ1) is 17.4. The summed E-state index contributed by atoms with van der Waals surface area (Å²) in [5.41, 5.74) is -1.36. The molecule has 1 aliphatic rings. The van der Waals surface area contributed by atoms with Crippen molar-refractivity contribution in [3.05, 3.63) is 120 Å². The molecule has 3 aromatic carbocycles. The van der Waals surface area contributed by atoms with Crippen LogP contribution >= 0.6 is 0 Å². The molecule has 4 rings (SSSR count). The van der Waals surface area contributed by atoms with E-state index in [0.29, 0.717) is 5.56 Å². The van der Waals surface area contributed by atoms with Crippen molar-refractivity contribution in [3.8, 4) is 0 Å². The number of ether oxygens (including phenoxy) is 4. The minimum absolute atomic E-state index is 0.226. The molecule has 0 spiro atoms. The lowest BCUT2D eigenvalue weighted by molar-refractivity contribution is -0.162. The molecule has 8 nitrogen and oxygen atoms in total. The van der Waals surface area contributed by atoms with Gasteiger partial charge in [-0.1, -0.05) is 67.3 Å². The Bertz CT molecular complexity index is 1210. The molecule has 0 saturated carbocycles. The molecule has 3 unspecified atom stereocenters. The van der Waals surface area contributed by atoms with Crippen molar-refractivity contribution >= 4 is 17.9 Å². The number of carbonyl (C=O) groups excluding carboxylic acids is 3. The summed E-state index contributed by atoms with van der Waals surface area (Å²) in [6.45, 7) is 3.24. The van der Waals surface area contributed by atoms with Crippen molar-refractivity contribution in [2.24, 2.45) is 0 Å². The predicted molar refractivity (Wildman–Crippen MR) is 128 cm³/mol. The van der Waals surface area contributed by atoms with E-state index in [2.05, 4.69) is 6.58 Å². The van der Waals surface area contributed by atoms with Crippen molar-refractivity contribution < 1.29 is 38.4 Å². The summed E-state index contributed by atoms with van der Waals surface area (Å²) in [5, 5.41) is 11.4. The SMILES string of the molecule is C=CC1(O)C(OC(=O)c2ccccc2)O[C@H](COC(=O)c2ccccc2)C1OC(=O)c1ccccc1. The molecular weight excluding hydrogens is 464 g/mol. The number of aliphatic hydroxyl groups is 1. The lowest BCUT2D eigenvalue weighted by atomic mass is 9.95. The average molecular weight is 488 g/mol. The third-order valence-electron chi connectivity index (χ3n) is 5.65. The van der Waals surface area contributed by atoms with Crippen molar-refractivity contribution in [2.45, 2.75) is 24.1 Å². The maximum absolute atomic E-state index is 12.8. The number of esters is 3. The van der Waals surface area contributed by atoms with E-state index in [-0.39, 0.29) is 11.1 Å². The highest BCUT2D eigenvalue weighted by Gasteiger charge is 2.59. The number of hydrogen-bond acceptors (Lipinski definition) is 8. The highest BCUT2D eigenvalue weighted by molar-refractivity contribution is 5.90. The van der Waals surface area contributed by atoms with Gasteiger partial charge >= 0.3 is 17.9 Å². The van der Waals surface area contributed by atoms with E-state index in [4.69, 9.17) is 18.9 Å². The van der Waals surface area contributed by atoms with Gasteiger partial charge in [0.1, 0.15) is 12.7 Å². The van der Waals surface area contributed by atoms with Crippen LogP contribution in [0.3, 0.4) is 0 Å². The average Bonchev–Trinajstić information content (AvgIpc) is 3.19. The van der Waals surface area contributed by atoms with Gasteiger partial charge in [-0.3, -0.25) is 0 Å². The van der Waals surface area contributed by atoms with Crippen LogP contribution in [-0.4, -0.2) is 53.7 Å². The van der Waals surface area contributed by atoms with E-state index in [1.807, 2.05) is 0 Å². The standard InChI is InChI=1S/C28H24O8/c1-2-28(32)23(35-25(30)20-14-8-4-9-15-20)22(18-33-24(29)19-12-6-3-7-13-19)34-27(28)36-26(31)21-16-10-5-11-17-21/h2-17,22-23,27,32H,1,18H2/t22-,23?,27?,28?/m1/s1. The molecule has 3 aromatic rings. The molecule has 0 aromatic heterocycles. The smallest absolute Gasteiger partial charge is 0.340 e. The number of benzene rings is 3. The van der Waals surface area contributed by atoms with Gasteiger partial charge in [0.05, 0.1) is 16.7 Å². The second kappa shape index (κ2) is 11.0. The van der Waals surface area contributed by atoms with Crippen molar-refractivity contribution in [2.75, 3.05) is 6.61 Å². The fourth-order valence-corrected chi connectivity index (χ4v) is 3.72. The zero-order chi connectivity index (χ0) is 25.5. The van der Waals surface area contributed by atoms with Gasteiger partial charge in [-0.05, 0) is 36.4 Å². The molecule has 1 fully saturated rings. The Morgan fingerprint density at radius 1 is 0.778 bits per heavy atom. The third kappa shape index (κ3) is 5.35.